The lowest BCUT2D eigenvalue weighted by Crippen LogP contribution is -2.47. The molecule has 3 nitrogen and oxygen atoms in total. The van der Waals surface area contributed by atoms with Crippen molar-refractivity contribution < 1.29 is 4.39 Å². The van der Waals surface area contributed by atoms with E-state index in [9.17, 15) is 4.39 Å². The average Bonchev–Trinajstić information content (AvgIpc) is 2.93. The number of piperidine rings is 1. The smallest absolute Gasteiger partial charge is 0.123 e. The zero-order chi connectivity index (χ0) is 13.9. The first-order chi connectivity index (χ1) is 9.72. The van der Waals surface area contributed by atoms with Crippen LogP contribution in [0.15, 0.2) is 18.2 Å². The molecule has 0 aliphatic carbocycles. The average molecular weight is 277 g/mol. The number of benzene rings is 1. The lowest BCUT2D eigenvalue weighted by atomic mass is 10.0. The highest BCUT2D eigenvalue weighted by Gasteiger charge is 2.23. The fraction of sp³-hybridized carbons (Fsp3) is 0.625. The number of hydrogen-bond donors (Lipinski definition) is 2. The van der Waals surface area contributed by atoms with Crippen LogP contribution >= 0.6 is 0 Å². The normalized spacial score (nSPS) is 24.3. The summed E-state index contributed by atoms with van der Waals surface area (Å²) in [6, 6.07) is 6.40. The summed E-state index contributed by atoms with van der Waals surface area (Å²) in [4.78, 5) is 2.39. The second-order valence-corrected chi connectivity index (χ2v) is 6.05. The molecule has 0 amide bonds. The molecule has 0 spiro atoms. The first-order valence-corrected chi connectivity index (χ1v) is 7.70. The third-order valence-corrected chi connectivity index (χ3v) is 4.53. The van der Waals surface area contributed by atoms with Gasteiger partial charge in [0, 0.05) is 37.4 Å². The van der Waals surface area contributed by atoms with Crippen LogP contribution in [0, 0.1) is 12.7 Å². The van der Waals surface area contributed by atoms with Crippen molar-refractivity contribution in [2.45, 2.75) is 38.3 Å². The Balaban J connectivity index is 1.55. The summed E-state index contributed by atoms with van der Waals surface area (Å²) in [6.45, 7) is 6.37. The van der Waals surface area contributed by atoms with Crippen LogP contribution in [0.3, 0.4) is 0 Å². The molecule has 2 aliphatic rings. The predicted octanol–water partition coefficient (Wildman–Crippen LogP) is 2.05. The van der Waals surface area contributed by atoms with Crippen LogP contribution in [-0.2, 0) is 0 Å². The number of anilines is 1. The fourth-order valence-electron chi connectivity index (χ4n) is 3.39. The monoisotopic (exact) mass is 277 g/mol. The maximum absolute atomic E-state index is 13.2. The molecule has 0 radical (unpaired) electrons. The fourth-order valence-corrected chi connectivity index (χ4v) is 3.39. The van der Waals surface area contributed by atoms with Gasteiger partial charge in [-0.05, 0) is 56.5 Å². The minimum Gasteiger partial charge on any atom is -0.371 e. The standard InChI is InChI=1S/C16H24FN3/c1-12-10-13(17)2-3-16(12)20-8-5-14(6-9-20)19-15-4-7-18-11-15/h2-3,10,14-15,18-19H,4-9,11H2,1H3/t15-/m1/s1. The van der Waals surface area contributed by atoms with Gasteiger partial charge in [-0.3, -0.25) is 0 Å². The van der Waals surface area contributed by atoms with Crippen LogP contribution in [0.1, 0.15) is 24.8 Å². The molecule has 2 heterocycles. The van der Waals surface area contributed by atoms with Crippen molar-refractivity contribution in [2.75, 3.05) is 31.1 Å². The van der Waals surface area contributed by atoms with Crippen molar-refractivity contribution in [3.05, 3.63) is 29.6 Å². The number of hydrogen-bond acceptors (Lipinski definition) is 3. The largest absolute Gasteiger partial charge is 0.371 e. The number of rotatable bonds is 3. The molecular formula is C16H24FN3. The highest BCUT2D eigenvalue weighted by molar-refractivity contribution is 5.53. The Kier molecular flexibility index (Phi) is 4.22. The molecule has 2 fully saturated rings. The Morgan fingerprint density at radius 2 is 2.00 bits per heavy atom. The Morgan fingerprint density at radius 3 is 2.65 bits per heavy atom. The number of halogens is 1. The SMILES string of the molecule is Cc1cc(F)ccc1N1CCC(N[C@@H]2CCNC2)CC1. The molecule has 2 saturated heterocycles. The summed E-state index contributed by atoms with van der Waals surface area (Å²) in [5.74, 6) is -0.142. The third-order valence-electron chi connectivity index (χ3n) is 4.53. The van der Waals surface area contributed by atoms with Crippen molar-refractivity contribution in [2.24, 2.45) is 0 Å². The van der Waals surface area contributed by atoms with Gasteiger partial charge < -0.3 is 15.5 Å². The number of aryl methyl sites for hydroxylation is 1. The van der Waals surface area contributed by atoms with Crippen molar-refractivity contribution in [1.82, 2.24) is 10.6 Å². The summed E-state index contributed by atoms with van der Waals surface area (Å²) < 4.78 is 13.2. The summed E-state index contributed by atoms with van der Waals surface area (Å²) in [6.07, 6.45) is 3.60. The Morgan fingerprint density at radius 1 is 1.20 bits per heavy atom. The molecule has 1 atom stereocenters. The van der Waals surface area contributed by atoms with Gasteiger partial charge in [-0.1, -0.05) is 0 Å². The molecule has 0 unspecified atom stereocenters. The van der Waals surface area contributed by atoms with Gasteiger partial charge >= 0.3 is 0 Å². The van der Waals surface area contributed by atoms with Gasteiger partial charge in [0.1, 0.15) is 5.82 Å². The van der Waals surface area contributed by atoms with E-state index >= 15 is 0 Å². The molecule has 2 aliphatic heterocycles. The molecule has 0 bridgehead atoms. The van der Waals surface area contributed by atoms with E-state index in [1.54, 1.807) is 12.1 Å². The van der Waals surface area contributed by atoms with Crippen molar-refractivity contribution in [3.8, 4) is 0 Å². The van der Waals surface area contributed by atoms with Crippen molar-refractivity contribution in [1.29, 1.82) is 0 Å². The number of nitrogens with zero attached hydrogens (tertiary/aromatic N) is 1. The quantitative estimate of drug-likeness (QED) is 0.885. The molecule has 1 aromatic rings. The van der Waals surface area contributed by atoms with Gasteiger partial charge in [-0.2, -0.15) is 0 Å². The minimum atomic E-state index is -0.142. The maximum atomic E-state index is 13.2. The van der Waals surface area contributed by atoms with Crippen LogP contribution in [0.4, 0.5) is 10.1 Å². The van der Waals surface area contributed by atoms with Gasteiger partial charge in [0.25, 0.3) is 0 Å². The van der Waals surface area contributed by atoms with Crippen LogP contribution in [0.5, 0.6) is 0 Å². The first-order valence-electron chi connectivity index (χ1n) is 7.70. The Labute approximate surface area is 120 Å². The van der Waals surface area contributed by atoms with Gasteiger partial charge in [-0.25, -0.2) is 4.39 Å². The van der Waals surface area contributed by atoms with Crippen LogP contribution in [-0.4, -0.2) is 38.3 Å². The third kappa shape index (κ3) is 3.13. The second kappa shape index (κ2) is 6.10. The van der Waals surface area contributed by atoms with Gasteiger partial charge in [0.2, 0.25) is 0 Å². The molecule has 1 aromatic carbocycles. The van der Waals surface area contributed by atoms with E-state index in [1.807, 2.05) is 13.0 Å². The molecule has 4 heteroatoms. The highest BCUT2D eigenvalue weighted by atomic mass is 19.1. The van der Waals surface area contributed by atoms with E-state index in [0.717, 1.165) is 31.7 Å². The molecule has 0 aromatic heterocycles. The van der Waals surface area contributed by atoms with E-state index < -0.39 is 0 Å². The van der Waals surface area contributed by atoms with Crippen molar-refractivity contribution in [3.63, 3.8) is 0 Å². The molecule has 0 saturated carbocycles. The van der Waals surface area contributed by atoms with Crippen LogP contribution < -0.4 is 15.5 Å². The van der Waals surface area contributed by atoms with E-state index in [0.29, 0.717) is 12.1 Å². The number of nitrogens with one attached hydrogen (secondary N) is 2. The zero-order valence-corrected chi connectivity index (χ0v) is 12.2. The summed E-state index contributed by atoms with van der Waals surface area (Å²) >= 11 is 0. The summed E-state index contributed by atoms with van der Waals surface area (Å²) in [7, 11) is 0. The van der Waals surface area contributed by atoms with Gasteiger partial charge in [-0.15, -0.1) is 0 Å². The van der Waals surface area contributed by atoms with E-state index in [1.165, 1.54) is 24.9 Å². The van der Waals surface area contributed by atoms with Gasteiger partial charge in [0.15, 0.2) is 0 Å². The van der Waals surface area contributed by atoms with E-state index in [-0.39, 0.29) is 5.82 Å². The molecule has 2 N–H and O–H groups in total. The molecular weight excluding hydrogens is 253 g/mol. The topological polar surface area (TPSA) is 27.3 Å². The second-order valence-electron chi connectivity index (χ2n) is 6.05. The summed E-state index contributed by atoms with van der Waals surface area (Å²) in [5, 5.41) is 7.17. The lowest BCUT2D eigenvalue weighted by molar-refractivity contribution is 0.375. The van der Waals surface area contributed by atoms with E-state index in [4.69, 9.17) is 0 Å². The Hall–Kier alpha value is -1.13. The molecule has 110 valence electrons. The van der Waals surface area contributed by atoms with Crippen LogP contribution in [0.25, 0.3) is 0 Å². The minimum absolute atomic E-state index is 0.142. The van der Waals surface area contributed by atoms with Crippen molar-refractivity contribution >= 4 is 5.69 Å². The summed E-state index contributed by atoms with van der Waals surface area (Å²) in [5.41, 5.74) is 2.23. The van der Waals surface area contributed by atoms with Gasteiger partial charge in [0.05, 0.1) is 0 Å². The first kappa shape index (κ1) is 13.8. The molecule has 3 rings (SSSR count). The maximum Gasteiger partial charge on any atom is 0.123 e. The molecule has 20 heavy (non-hydrogen) atoms. The zero-order valence-electron chi connectivity index (χ0n) is 12.2. The lowest BCUT2D eigenvalue weighted by Gasteiger charge is -2.36. The van der Waals surface area contributed by atoms with E-state index in [2.05, 4.69) is 15.5 Å². The predicted molar refractivity (Wildman–Crippen MR) is 80.8 cm³/mol. The highest BCUT2D eigenvalue weighted by Crippen LogP contribution is 2.24. The van der Waals surface area contributed by atoms with Crippen LogP contribution in [0.2, 0.25) is 0 Å². The Bertz CT molecular complexity index is 449.